The summed E-state index contributed by atoms with van der Waals surface area (Å²) >= 11 is 0. The van der Waals surface area contributed by atoms with Crippen molar-refractivity contribution in [2.45, 2.75) is 13.1 Å². The molecule has 1 aromatic heterocycles. The first-order chi connectivity index (χ1) is 12.4. The van der Waals surface area contributed by atoms with Crippen LogP contribution in [0.4, 0.5) is 0 Å². The molecule has 0 fully saturated rings. The van der Waals surface area contributed by atoms with E-state index in [4.69, 9.17) is 5.21 Å². The lowest BCUT2D eigenvalue weighted by molar-refractivity contribution is -0.747. The van der Waals surface area contributed by atoms with E-state index < -0.39 is 0 Å². The summed E-state index contributed by atoms with van der Waals surface area (Å²) < 4.78 is 4.09. The topological polar surface area (TPSA) is 21.7 Å². The third kappa shape index (κ3) is 3.66. The zero-order valence-corrected chi connectivity index (χ0v) is 14.0. The Balaban J connectivity index is 1.70. The Morgan fingerprint density at radius 3 is 1.88 bits per heavy atom. The van der Waals surface area contributed by atoms with Gasteiger partial charge in [0.2, 0.25) is 0 Å². The molecule has 0 bridgehead atoms. The molecule has 0 saturated heterocycles. The highest BCUT2D eigenvalue weighted by Gasteiger charge is 2.18. The van der Waals surface area contributed by atoms with E-state index in [2.05, 4.69) is 83.7 Å². The SMILES string of the molecule is c1ccc(Cn2n[n+](Cc3ccccc3)cc2-c2ccccc2)cc1. The molecule has 0 atom stereocenters. The average Bonchev–Trinajstić information content (AvgIpc) is 3.06. The minimum absolute atomic E-state index is 0.757. The summed E-state index contributed by atoms with van der Waals surface area (Å²) in [5.41, 5.74) is 4.80. The average molecular weight is 326 g/mol. The number of nitrogens with zero attached hydrogens (tertiary/aromatic N) is 3. The zero-order valence-electron chi connectivity index (χ0n) is 14.0. The number of rotatable bonds is 5. The van der Waals surface area contributed by atoms with E-state index in [1.165, 1.54) is 16.7 Å². The fourth-order valence-corrected chi connectivity index (χ4v) is 2.97. The fraction of sp³-hybridized carbons (Fsp3) is 0.0909. The van der Waals surface area contributed by atoms with Crippen molar-refractivity contribution in [1.82, 2.24) is 9.90 Å². The van der Waals surface area contributed by atoms with E-state index in [-0.39, 0.29) is 0 Å². The smallest absolute Gasteiger partial charge is 0.132 e. The van der Waals surface area contributed by atoms with Crippen LogP contribution in [0.2, 0.25) is 0 Å². The van der Waals surface area contributed by atoms with Crippen LogP contribution >= 0.6 is 0 Å². The van der Waals surface area contributed by atoms with Gasteiger partial charge in [-0.25, -0.2) is 0 Å². The van der Waals surface area contributed by atoms with Gasteiger partial charge in [-0.1, -0.05) is 91.0 Å². The molecule has 0 amide bonds. The second kappa shape index (κ2) is 7.14. The van der Waals surface area contributed by atoms with Crippen molar-refractivity contribution in [3.63, 3.8) is 0 Å². The summed E-state index contributed by atoms with van der Waals surface area (Å²) in [6.07, 6.45) is 2.13. The van der Waals surface area contributed by atoms with Gasteiger partial charge >= 0.3 is 0 Å². The Kier molecular flexibility index (Phi) is 4.38. The Bertz CT molecular complexity index is 929. The Morgan fingerprint density at radius 2 is 1.24 bits per heavy atom. The van der Waals surface area contributed by atoms with Gasteiger partial charge in [0.05, 0.1) is 5.21 Å². The van der Waals surface area contributed by atoms with Crippen molar-refractivity contribution in [3.8, 4) is 11.3 Å². The van der Waals surface area contributed by atoms with Gasteiger partial charge in [-0.15, -0.1) is 9.36 Å². The lowest BCUT2D eigenvalue weighted by Crippen LogP contribution is -2.36. The normalized spacial score (nSPS) is 10.7. The zero-order chi connectivity index (χ0) is 16.9. The Labute approximate surface area is 147 Å². The molecule has 0 aliphatic heterocycles. The van der Waals surface area contributed by atoms with E-state index in [9.17, 15) is 0 Å². The van der Waals surface area contributed by atoms with Crippen LogP contribution in [0.3, 0.4) is 0 Å². The summed E-state index contributed by atoms with van der Waals surface area (Å²) in [4.78, 5) is 0. The van der Waals surface area contributed by atoms with Gasteiger partial charge < -0.3 is 0 Å². The molecule has 0 aliphatic carbocycles. The second-order valence-electron chi connectivity index (χ2n) is 6.10. The van der Waals surface area contributed by atoms with Gasteiger partial charge in [-0.05, 0) is 11.1 Å². The Hall–Kier alpha value is -3.20. The maximum atomic E-state index is 4.81. The molecule has 3 heteroatoms. The van der Waals surface area contributed by atoms with Gasteiger partial charge in [-0.3, -0.25) is 0 Å². The molecule has 122 valence electrons. The molecule has 3 aromatic carbocycles. The lowest BCUT2D eigenvalue weighted by atomic mass is 10.1. The standard InChI is InChI=1S/C22H20N3/c1-4-10-19(11-5-1)16-24-18-22(21-14-8-3-9-15-21)25(23-24)17-20-12-6-2-7-13-20/h1-15,18H,16-17H2/q+1. The highest BCUT2D eigenvalue weighted by Crippen LogP contribution is 2.18. The molecular formula is C22H20N3+. The summed E-state index contributed by atoms with van der Waals surface area (Å²) in [6, 6.07) is 31.3. The van der Waals surface area contributed by atoms with E-state index >= 15 is 0 Å². The van der Waals surface area contributed by atoms with Crippen molar-refractivity contribution < 1.29 is 4.68 Å². The fourth-order valence-electron chi connectivity index (χ4n) is 2.97. The maximum Gasteiger partial charge on any atom is 0.198 e. The summed E-state index contributed by atoms with van der Waals surface area (Å²) in [6.45, 7) is 1.52. The first-order valence-corrected chi connectivity index (χ1v) is 8.49. The molecule has 1 heterocycles. The van der Waals surface area contributed by atoms with E-state index in [1.54, 1.807) is 0 Å². The van der Waals surface area contributed by atoms with Crippen molar-refractivity contribution in [3.05, 3.63) is 108 Å². The molecule has 4 aromatic rings. The minimum Gasteiger partial charge on any atom is -0.132 e. The van der Waals surface area contributed by atoms with Crippen molar-refractivity contribution >= 4 is 0 Å². The van der Waals surface area contributed by atoms with Gasteiger partial charge in [0, 0.05) is 5.56 Å². The highest BCUT2D eigenvalue weighted by molar-refractivity contribution is 5.57. The second-order valence-corrected chi connectivity index (χ2v) is 6.10. The van der Waals surface area contributed by atoms with Crippen molar-refractivity contribution in [1.29, 1.82) is 0 Å². The maximum absolute atomic E-state index is 4.81. The van der Waals surface area contributed by atoms with Gasteiger partial charge in [0.15, 0.2) is 11.9 Å². The molecule has 0 radical (unpaired) electrons. The van der Waals surface area contributed by atoms with Gasteiger partial charge in [0.1, 0.15) is 13.1 Å². The number of aromatic nitrogens is 3. The molecule has 0 spiro atoms. The number of benzene rings is 3. The molecule has 3 nitrogen and oxygen atoms in total. The van der Waals surface area contributed by atoms with Crippen LogP contribution in [0.15, 0.2) is 97.2 Å². The first-order valence-electron chi connectivity index (χ1n) is 8.49. The molecule has 0 N–H and O–H groups in total. The van der Waals surface area contributed by atoms with E-state index in [0.717, 1.165) is 18.8 Å². The van der Waals surface area contributed by atoms with Crippen molar-refractivity contribution in [2.24, 2.45) is 0 Å². The van der Waals surface area contributed by atoms with Crippen LogP contribution in [0.5, 0.6) is 0 Å². The molecule has 0 unspecified atom stereocenters. The van der Waals surface area contributed by atoms with Gasteiger partial charge in [0.25, 0.3) is 0 Å². The predicted molar refractivity (Wildman–Crippen MR) is 98.9 cm³/mol. The van der Waals surface area contributed by atoms with Gasteiger partial charge in [-0.2, -0.15) is 0 Å². The largest absolute Gasteiger partial charge is 0.198 e. The van der Waals surface area contributed by atoms with Crippen molar-refractivity contribution in [2.75, 3.05) is 0 Å². The Morgan fingerprint density at radius 1 is 0.680 bits per heavy atom. The quantitative estimate of drug-likeness (QED) is 0.509. The van der Waals surface area contributed by atoms with Crippen LogP contribution < -0.4 is 4.68 Å². The summed E-state index contributed by atoms with van der Waals surface area (Å²) in [5, 5.41) is 4.81. The number of hydrogen-bond acceptors (Lipinski definition) is 1. The third-order valence-electron chi connectivity index (χ3n) is 4.20. The van der Waals surface area contributed by atoms with E-state index in [1.807, 2.05) is 22.9 Å². The summed E-state index contributed by atoms with van der Waals surface area (Å²) in [5.74, 6) is 0. The van der Waals surface area contributed by atoms with E-state index in [0.29, 0.717) is 0 Å². The highest BCUT2D eigenvalue weighted by atomic mass is 15.5. The third-order valence-corrected chi connectivity index (χ3v) is 4.20. The molecule has 0 saturated carbocycles. The molecule has 4 rings (SSSR count). The van der Waals surface area contributed by atoms with Crippen LogP contribution in [-0.2, 0) is 13.1 Å². The molecular weight excluding hydrogens is 306 g/mol. The summed E-state index contributed by atoms with van der Waals surface area (Å²) in [7, 11) is 0. The van der Waals surface area contributed by atoms with Crippen LogP contribution in [-0.4, -0.2) is 9.90 Å². The molecule has 0 aliphatic rings. The van der Waals surface area contributed by atoms with Crippen LogP contribution in [0.1, 0.15) is 11.1 Å². The van der Waals surface area contributed by atoms with Crippen LogP contribution in [0, 0.1) is 0 Å². The predicted octanol–water partition coefficient (Wildman–Crippen LogP) is 3.93. The molecule has 25 heavy (non-hydrogen) atoms. The monoisotopic (exact) mass is 326 g/mol. The van der Waals surface area contributed by atoms with Crippen LogP contribution in [0.25, 0.3) is 11.3 Å². The first kappa shape index (κ1) is 15.3. The lowest BCUT2D eigenvalue weighted by Gasteiger charge is -2.00. The minimum atomic E-state index is 0.757. The number of hydrogen-bond donors (Lipinski definition) is 0.